The Balaban J connectivity index is 0.00000256. The highest BCUT2D eigenvalue weighted by molar-refractivity contribution is 9.10. The molecule has 1 atom stereocenters. The summed E-state index contributed by atoms with van der Waals surface area (Å²) < 4.78 is 36.4. The lowest BCUT2D eigenvalue weighted by Crippen LogP contribution is -2.15. The molecule has 1 aromatic carbocycles. The maximum Gasteiger partial charge on any atom is 0.389 e. The fraction of sp³-hybridized carbons (Fsp3) is 0.400. The van der Waals surface area contributed by atoms with Crippen LogP contribution in [0.15, 0.2) is 22.7 Å². The molecule has 0 aromatic heterocycles. The van der Waals surface area contributed by atoms with E-state index in [-0.39, 0.29) is 24.6 Å². The fourth-order valence-corrected chi connectivity index (χ4v) is 1.69. The highest BCUT2D eigenvalue weighted by Crippen LogP contribution is 2.34. The molecule has 7 heteroatoms. The van der Waals surface area contributed by atoms with Crippen LogP contribution in [0, 0.1) is 0 Å². The normalized spacial score (nSPS) is 13.0. The molecule has 1 rings (SSSR count). The van der Waals surface area contributed by atoms with Gasteiger partial charge in [-0.3, -0.25) is 0 Å². The zero-order chi connectivity index (χ0) is 12.3. The van der Waals surface area contributed by atoms with Gasteiger partial charge in [0.05, 0.1) is 4.47 Å². The zero-order valence-corrected chi connectivity index (χ0v) is 11.1. The molecular formula is C10H12BrClF3NO. The standard InChI is InChI=1S/C10H11BrF3NO.ClH/c11-7-3-1-2-6(9(7)16)8(15)4-5-10(12,13)14;/h1-3,8,16H,4-5,15H2;1H/t8-;/m0./s1. The Morgan fingerprint density at radius 2 is 1.94 bits per heavy atom. The first-order valence-corrected chi connectivity index (χ1v) is 5.40. The van der Waals surface area contributed by atoms with Crippen LogP contribution in [0.25, 0.3) is 0 Å². The number of nitrogens with two attached hydrogens (primary N) is 1. The summed E-state index contributed by atoms with van der Waals surface area (Å²) in [5.74, 6) is -0.0998. The van der Waals surface area contributed by atoms with Gasteiger partial charge in [0.25, 0.3) is 0 Å². The monoisotopic (exact) mass is 333 g/mol. The molecule has 1 aromatic rings. The number of rotatable bonds is 3. The van der Waals surface area contributed by atoms with Gasteiger partial charge in [-0.25, -0.2) is 0 Å². The number of phenolic OH excluding ortho intramolecular Hbond substituents is 1. The van der Waals surface area contributed by atoms with E-state index >= 15 is 0 Å². The van der Waals surface area contributed by atoms with Gasteiger partial charge >= 0.3 is 6.18 Å². The van der Waals surface area contributed by atoms with E-state index in [0.29, 0.717) is 10.0 Å². The summed E-state index contributed by atoms with van der Waals surface area (Å²) in [5, 5.41) is 9.59. The van der Waals surface area contributed by atoms with Crippen LogP contribution in [-0.4, -0.2) is 11.3 Å². The lowest BCUT2D eigenvalue weighted by molar-refractivity contribution is -0.136. The summed E-state index contributed by atoms with van der Waals surface area (Å²) in [5.41, 5.74) is 5.91. The van der Waals surface area contributed by atoms with Gasteiger partial charge in [0, 0.05) is 18.0 Å². The number of halogens is 5. The van der Waals surface area contributed by atoms with Crippen LogP contribution < -0.4 is 5.73 Å². The SMILES string of the molecule is Cl.N[C@@H](CCC(F)(F)F)c1cccc(Br)c1O. The van der Waals surface area contributed by atoms with Crippen molar-refractivity contribution in [1.82, 2.24) is 0 Å². The van der Waals surface area contributed by atoms with Crippen molar-refractivity contribution in [3.05, 3.63) is 28.2 Å². The van der Waals surface area contributed by atoms with Crippen LogP contribution in [0.2, 0.25) is 0 Å². The van der Waals surface area contributed by atoms with Crippen LogP contribution in [0.3, 0.4) is 0 Å². The third-order valence-corrected chi connectivity index (χ3v) is 2.80. The van der Waals surface area contributed by atoms with Crippen molar-refractivity contribution in [3.8, 4) is 5.75 Å². The van der Waals surface area contributed by atoms with E-state index in [2.05, 4.69) is 15.9 Å². The van der Waals surface area contributed by atoms with Gasteiger partial charge in [0.15, 0.2) is 0 Å². The second-order valence-corrected chi connectivity index (χ2v) is 4.29. The van der Waals surface area contributed by atoms with Gasteiger partial charge in [-0.15, -0.1) is 12.4 Å². The van der Waals surface area contributed by atoms with Crippen molar-refractivity contribution >= 4 is 28.3 Å². The smallest absolute Gasteiger partial charge is 0.389 e. The third-order valence-electron chi connectivity index (χ3n) is 2.16. The quantitative estimate of drug-likeness (QED) is 0.880. The molecule has 0 amide bonds. The number of phenols is 1. The molecule has 0 radical (unpaired) electrons. The lowest BCUT2D eigenvalue weighted by atomic mass is 10.0. The number of benzene rings is 1. The minimum Gasteiger partial charge on any atom is -0.506 e. The van der Waals surface area contributed by atoms with Gasteiger partial charge in [0.2, 0.25) is 0 Å². The first-order chi connectivity index (χ1) is 7.31. The Kier molecular flexibility index (Phi) is 6.29. The molecule has 3 N–H and O–H groups in total. The zero-order valence-electron chi connectivity index (χ0n) is 8.67. The summed E-state index contributed by atoms with van der Waals surface area (Å²) in [6.07, 6.45) is -5.42. The van der Waals surface area contributed by atoms with Crippen molar-refractivity contribution in [2.24, 2.45) is 5.73 Å². The number of para-hydroxylation sites is 1. The van der Waals surface area contributed by atoms with Crippen molar-refractivity contribution in [1.29, 1.82) is 0 Å². The second-order valence-electron chi connectivity index (χ2n) is 3.44. The third kappa shape index (κ3) is 5.14. The van der Waals surface area contributed by atoms with Crippen LogP contribution in [0.5, 0.6) is 5.75 Å². The molecule has 17 heavy (non-hydrogen) atoms. The van der Waals surface area contributed by atoms with E-state index in [1.807, 2.05) is 0 Å². The Morgan fingerprint density at radius 3 is 2.47 bits per heavy atom. The largest absolute Gasteiger partial charge is 0.506 e. The van der Waals surface area contributed by atoms with Crippen LogP contribution in [-0.2, 0) is 0 Å². The molecule has 0 unspecified atom stereocenters. The minimum absolute atomic E-state index is 0. The Morgan fingerprint density at radius 1 is 1.35 bits per heavy atom. The molecule has 0 saturated heterocycles. The molecule has 2 nitrogen and oxygen atoms in total. The van der Waals surface area contributed by atoms with Crippen molar-refractivity contribution < 1.29 is 18.3 Å². The molecule has 0 spiro atoms. The first kappa shape index (κ1) is 16.5. The summed E-state index contributed by atoms with van der Waals surface area (Å²) in [4.78, 5) is 0. The summed E-state index contributed by atoms with van der Waals surface area (Å²) in [6.45, 7) is 0. The second kappa shape index (κ2) is 6.47. The Bertz CT molecular complexity index is 373. The number of hydrogen-bond donors (Lipinski definition) is 2. The van der Waals surface area contributed by atoms with E-state index in [0.717, 1.165) is 0 Å². The van der Waals surface area contributed by atoms with Crippen molar-refractivity contribution in [2.45, 2.75) is 25.1 Å². The van der Waals surface area contributed by atoms with E-state index in [4.69, 9.17) is 5.73 Å². The molecule has 0 aliphatic heterocycles. The molecule has 98 valence electrons. The van der Waals surface area contributed by atoms with E-state index in [1.165, 1.54) is 6.07 Å². The molecule has 0 heterocycles. The number of alkyl halides is 3. The molecule has 0 saturated carbocycles. The van der Waals surface area contributed by atoms with Gasteiger partial charge in [0.1, 0.15) is 5.75 Å². The van der Waals surface area contributed by atoms with Crippen molar-refractivity contribution in [2.75, 3.05) is 0 Å². The van der Waals surface area contributed by atoms with E-state index < -0.39 is 18.6 Å². The predicted octanol–water partition coefficient (Wildman–Crippen LogP) is 3.92. The molecule has 0 bridgehead atoms. The van der Waals surface area contributed by atoms with Crippen molar-refractivity contribution in [3.63, 3.8) is 0 Å². The Labute approximate surface area is 112 Å². The van der Waals surface area contributed by atoms with Crippen LogP contribution in [0.4, 0.5) is 13.2 Å². The summed E-state index contributed by atoms with van der Waals surface area (Å²) >= 11 is 3.08. The van der Waals surface area contributed by atoms with Gasteiger partial charge in [-0.1, -0.05) is 12.1 Å². The highest BCUT2D eigenvalue weighted by Gasteiger charge is 2.28. The molecular weight excluding hydrogens is 322 g/mol. The average Bonchev–Trinajstić information content (AvgIpc) is 2.17. The molecule has 0 aliphatic rings. The Hall–Kier alpha value is -0.460. The van der Waals surface area contributed by atoms with E-state index in [1.54, 1.807) is 12.1 Å². The highest BCUT2D eigenvalue weighted by atomic mass is 79.9. The number of aromatic hydroxyl groups is 1. The predicted molar refractivity (Wildman–Crippen MR) is 65.3 cm³/mol. The fourth-order valence-electron chi connectivity index (χ4n) is 1.31. The van der Waals surface area contributed by atoms with Gasteiger partial charge in [-0.05, 0) is 28.4 Å². The summed E-state index contributed by atoms with van der Waals surface area (Å²) in [7, 11) is 0. The maximum atomic E-state index is 12.0. The average molecular weight is 335 g/mol. The van der Waals surface area contributed by atoms with Gasteiger partial charge in [-0.2, -0.15) is 13.2 Å². The van der Waals surface area contributed by atoms with Gasteiger partial charge < -0.3 is 10.8 Å². The number of hydrogen-bond acceptors (Lipinski definition) is 2. The molecule has 0 fully saturated rings. The summed E-state index contributed by atoms with van der Waals surface area (Å²) in [6, 6.07) is 3.90. The van der Waals surface area contributed by atoms with Crippen LogP contribution >= 0.6 is 28.3 Å². The topological polar surface area (TPSA) is 46.2 Å². The van der Waals surface area contributed by atoms with E-state index in [9.17, 15) is 18.3 Å². The minimum atomic E-state index is -4.22. The maximum absolute atomic E-state index is 12.0. The molecule has 0 aliphatic carbocycles. The lowest BCUT2D eigenvalue weighted by Gasteiger charge is -2.15. The van der Waals surface area contributed by atoms with Crippen LogP contribution in [0.1, 0.15) is 24.4 Å². The first-order valence-electron chi connectivity index (χ1n) is 4.61.